The number of hydrogen-bond acceptors (Lipinski definition) is 1. The lowest BCUT2D eigenvalue weighted by Gasteiger charge is -2.06. The Bertz CT molecular complexity index is 305. The molecule has 0 saturated carbocycles. The number of carbonyl (C=O) groups is 1. The van der Waals surface area contributed by atoms with E-state index in [4.69, 9.17) is 0 Å². The molecule has 14 heavy (non-hydrogen) atoms. The average molecular weight is 388 g/mol. The molecule has 0 spiro atoms. The molecule has 1 N–H and O–H groups in total. The first-order chi connectivity index (χ1) is 6.56. The fraction of sp³-hybridized carbons (Fsp3) is 0.444. The van der Waals surface area contributed by atoms with E-state index in [1.54, 1.807) is 0 Å². The zero-order chi connectivity index (χ0) is 10.7. The first-order valence-electron chi connectivity index (χ1n) is 4.28. The summed E-state index contributed by atoms with van der Waals surface area (Å²) in [6, 6.07) is 0. The fourth-order valence-corrected chi connectivity index (χ4v) is 2.42. The van der Waals surface area contributed by atoms with Crippen molar-refractivity contribution in [3.63, 3.8) is 0 Å². The van der Waals surface area contributed by atoms with Gasteiger partial charge in [-0.3, -0.25) is 4.79 Å². The van der Waals surface area contributed by atoms with Crippen LogP contribution in [0.4, 0.5) is 0 Å². The van der Waals surface area contributed by atoms with Crippen LogP contribution < -0.4 is 5.32 Å². The lowest BCUT2D eigenvalue weighted by Crippen LogP contribution is -2.20. The molecule has 1 atom stereocenters. The first kappa shape index (κ1) is 12.5. The number of rotatable bonds is 3. The number of hydrogen-bond donors (Lipinski definition) is 1. The Morgan fingerprint density at radius 2 is 2.21 bits per heavy atom. The predicted molar refractivity (Wildman–Crippen MR) is 68.7 cm³/mol. The average Bonchev–Trinajstić information content (AvgIpc) is 2.48. The third-order valence-corrected chi connectivity index (χ3v) is 3.70. The van der Waals surface area contributed by atoms with Crippen molar-refractivity contribution in [3.05, 3.63) is 20.7 Å². The van der Waals surface area contributed by atoms with Gasteiger partial charge < -0.3 is 5.32 Å². The van der Waals surface area contributed by atoms with Gasteiger partial charge in [-0.15, -0.1) is 0 Å². The Balaban J connectivity index is 2.84. The Hall–Kier alpha value is 0.390. The van der Waals surface area contributed by atoms with Gasteiger partial charge >= 0.3 is 0 Å². The molecule has 1 rings (SSSR count). The van der Waals surface area contributed by atoms with E-state index in [9.17, 15) is 4.79 Å². The molecule has 0 aromatic heterocycles. The van der Waals surface area contributed by atoms with E-state index < -0.39 is 0 Å². The molecule has 1 heterocycles. The Labute approximate surface area is 109 Å². The summed E-state index contributed by atoms with van der Waals surface area (Å²) in [5, 5.41) is 2.77. The number of alkyl halides is 1. The van der Waals surface area contributed by atoms with Crippen LogP contribution in [0, 0.1) is 0 Å². The van der Waals surface area contributed by atoms with Crippen LogP contribution in [0.25, 0.3) is 0 Å². The van der Waals surface area contributed by atoms with E-state index in [0.717, 1.165) is 27.5 Å². The second kappa shape index (κ2) is 5.47. The summed E-state index contributed by atoms with van der Waals surface area (Å²) >= 11 is 10.0. The van der Waals surface area contributed by atoms with Gasteiger partial charge in [0.05, 0.1) is 9.09 Å². The van der Waals surface area contributed by atoms with E-state index >= 15 is 0 Å². The summed E-state index contributed by atoms with van der Waals surface area (Å²) in [7, 11) is 0. The maximum atomic E-state index is 11.5. The zero-order valence-corrected chi connectivity index (χ0v) is 12.4. The van der Waals surface area contributed by atoms with Crippen LogP contribution in [0.1, 0.15) is 19.8 Å². The topological polar surface area (TPSA) is 29.1 Å². The largest absolute Gasteiger partial charge is 0.321 e. The van der Waals surface area contributed by atoms with Crippen LogP contribution >= 0.6 is 47.8 Å². The molecule has 5 heteroatoms. The van der Waals surface area contributed by atoms with E-state index in [2.05, 4.69) is 60.0 Å². The number of carbonyl (C=O) groups excluding carboxylic acids is 1. The van der Waals surface area contributed by atoms with Crippen molar-refractivity contribution in [2.45, 2.75) is 24.6 Å². The molecule has 0 radical (unpaired) electrons. The molecule has 0 aromatic rings. The van der Waals surface area contributed by atoms with Crippen LogP contribution in [-0.4, -0.2) is 10.7 Å². The van der Waals surface area contributed by atoms with Crippen molar-refractivity contribution in [1.29, 1.82) is 0 Å². The lowest BCUT2D eigenvalue weighted by molar-refractivity contribution is -0.116. The minimum absolute atomic E-state index is 0.0216. The summed E-state index contributed by atoms with van der Waals surface area (Å²) in [5.41, 5.74) is 1.57. The van der Waals surface area contributed by atoms with Crippen LogP contribution in [0.15, 0.2) is 20.7 Å². The molecule has 0 aromatic carbocycles. The molecular formula is C9H10Br3NO. The highest BCUT2D eigenvalue weighted by atomic mass is 79.9. The van der Waals surface area contributed by atoms with Gasteiger partial charge in [0.15, 0.2) is 0 Å². The second-order valence-corrected chi connectivity index (χ2v) is 6.74. The summed E-state index contributed by atoms with van der Waals surface area (Å²) in [4.78, 5) is 11.7. The highest BCUT2D eigenvalue weighted by Gasteiger charge is 2.24. The molecule has 0 bridgehead atoms. The van der Waals surface area contributed by atoms with Gasteiger partial charge in [0.1, 0.15) is 0 Å². The second-order valence-electron chi connectivity index (χ2n) is 2.98. The van der Waals surface area contributed by atoms with Crippen LogP contribution in [0.3, 0.4) is 0 Å². The summed E-state index contributed by atoms with van der Waals surface area (Å²) < 4.78 is 0.768. The smallest absolute Gasteiger partial charge is 0.252 e. The van der Waals surface area contributed by atoms with E-state index in [0.29, 0.717) is 0 Å². The van der Waals surface area contributed by atoms with Crippen LogP contribution in [0.2, 0.25) is 0 Å². The van der Waals surface area contributed by atoms with Crippen molar-refractivity contribution in [2.24, 2.45) is 0 Å². The molecule has 2 nitrogen and oxygen atoms in total. The molecule has 0 aliphatic carbocycles. The van der Waals surface area contributed by atoms with Crippen molar-refractivity contribution >= 4 is 53.7 Å². The van der Waals surface area contributed by atoms with E-state index in [1.165, 1.54) is 0 Å². The van der Waals surface area contributed by atoms with Gasteiger partial charge in [-0.05, 0) is 44.4 Å². The standard InChI is InChI=1S/C9H10Br3NO/c1-2-3-6(10)5-4-7(8(11)12)13-9(5)14/h4,6H,2-3H2,1H3,(H,13,14)/t6-/m0/s1. The molecular weight excluding hydrogens is 378 g/mol. The van der Waals surface area contributed by atoms with Gasteiger partial charge in [0.25, 0.3) is 5.91 Å². The third-order valence-electron chi connectivity index (χ3n) is 1.89. The maximum Gasteiger partial charge on any atom is 0.252 e. The highest BCUT2D eigenvalue weighted by molar-refractivity contribution is 9.28. The van der Waals surface area contributed by atoms with Crippen molar-refractivity contribution < 1.29 is 4.79 Å². The number of halogens is 3. The summed E-state index contributed by atoms with van der Waals surface area (Å²) in [6.07, 6.45) is 3.87. The minimum Gasteiger partial charge on any atom is -0.321 e. The molecule has 78 valence electrons. The lowest BCUT2D eigenvalue weighted by atomic mass is 10.1. The number of allylic oxidation sites excluding steroid dienone is 1. The fourth-order valence-electron chi connectivity index (χ4n) is 1.20. The molecule has 0 fully saturated rings. The molecule has 0 unspecified atom stereocenters. The summed E-state index contributed by atoms with van der Waals surface area (Å²) in [5.74, 6) is -0.0216. The normalized spacial score (nSPS) is 17.9. The van der Waals surface area contributed by atoms with Gasteiger partial charge in [0.2, 0.25) is 0 Å². The zero-order valence-electron chi connectivity index (χ0n) is 7.61. The molecule has 1 amide bonds. The SMILES string of the molecule is CCC[C@H](Br)C1=CC(=C(Br)Br)NC1=O. The van der Waals surface area contributed by atoms with Crippen molar-refractivity contribution in [1.82, 2.24) is 5.32 Å². The highest BCUT2D eigenvalue weighted by Crippen LogP contribution is 2.28. The quantitative estimate of drug-likeness (QED) is 0.737. The van der Waals surface area contributed by atoms with Gasteiger partial charge in [-0.1, -0.05) is 29.3 Å². The Kier molecular flexibility index (Phi) is 4.87. The summed E-state index contributed by atoms with van der Waals surface area (Å²) in [6.45, 7) is 2.10. The van der Waals surface area contributed by atoms with E-state index in [-0.39, 0.29) is 10.7 Å². The third kappa shape index (κ3) is 2.94. The van der Waals surface area contributed by atoms with Crippen molar-refractivity contribution in [3.8, 4) is 0 Å². The minimum atomic E-state index is -0.0216. The number of amides is 1. The first-order valence-corrected chi connectivity index (χ1v) is 6.78. The predicted octanol–water partition coefficient (Wildman–Crippen LogP) is 3.57. The Morgan fingerprint density at radius 3 is 2.64 bits per heavy atom. The molecule has 1 aliphatic rings. The molecule has 1 aliphatic heterocycles. The monoisotopic (exact) mass is 385 g/mol. The number of nitrogens with one attached hydrogen (secondary N) is 1. The maximum absolute atomic E-state index is 11.5. The van der Waals surface area contributed by atoms with Gasteiger partial charge in [-0.25, -0.2) is 0 Å². The van der Waals surface area contributed by atoms with Crippen LogP contribution in [0.5, 0.6) is 0 Å². The molecule has 0 saturated heterocycles. The van der Waals surface area contributed by atoms with Crippen molar-refractivity contribution in [2.75, 3.05) is 0 Å². The Morgan fingerprint density at radius 1 is 1.57 bits per heavy atom. The van der Waals surface area contributed by atoms with E-state index in [1.807, 2.05) is 6.08 Å². The van der Waals surface area contributed by atoms with Crippen LogP contribution in [-0.2, 0) is 4.79 Å². The van der Waals surface area contributed by atoms with Gasteiger partial charge in [-0.2, -0.15) is 0 Å². The van der Waals surface area contributed by atoms with Gasteiger partial charge in [0, 0.05) is 10.4 Å².